The fourth-order valence-electron chi connectivity index (χ4n) is 2.25. The molecule has 0 amide bonds. The molecule has 0 spiro atoms. The molecule has 3 N–H and O–H groups in total. The molecule has 112 valence electrons. The Morgan fingerprint density at radius 1 is 1.65 bits per heavy atom. The van der Waals surface area contributed by atoms with Crippen LogP contribution in [-0.4, -0.2) is 44.5 Å². The lowest BCUT2D eigenvalue weighted by Gasteiger charge is -2.18. The van der Waals surface area contributed by atoms with Gasteiger partial charge in [-0.2, -0.15) is 4.31 Å². The maximum Gasteiger partial charge on any atom is 0.246 e. The van der Waals surface area contributed by atoms with Crippen LogP contribution in [0.25, 0.3) is 0 Å². The number of methoxy groups -OCH3 is 1. The van der Waals surface area contributed by atoms with Crippen molar-refractivity contribution in [2.45, 2.75) is 11.3 Å². The van der Waals surface area contributed by atoms with Gasteiger partial charge in [-0.3, -0.25) is 0 Å². The molecule has 1 aromatic heterocycles. The lowest BCUT2D eigenvalue weighted by atomic mass is 10.1. The standard InChI is InChI=1S/C11H17BrN4O3S/c1-19-7-8-2-3-16(6-8)20(17,18)10-4-9(12)5-14-11(10)15-13/h4-5,8H,2-3,6-7,13H2,1H3,(H,14,15). The van der Waals surface area contributed by atoms with Crippen LogP contribution in [0.4, 0.5) is 5.82 Å². The van der Waals surface area contributed by atoms with Crippen LogP contribution in [-0.2, 0) is 14.8 Å². The summed E-state index contributed by atoms with van der Waals surface area (Å²) in [6, 6.07) is 1.50. The molecule has 0 aromatic carbocycles. The minimum Gasteiger partial charge on any atom is -0.384 e. The summed E-state index contributed by atoms with van der Waals surface area (Å²) in [5.41, 5.74) is 2.33. The topological polar surface area (TPSA) is 97.5 Å². The largest absolute Gasteiger partial charge is 0.384 e. The van der Waals surface area contributed by atoms with Gasteiger partial charge in [0.1, 0.15) is 4.90 Å². The van der Waals surface area contributed by atoms with Crippen LogP contribution >= 0.6 is 15.9 Å². The third-order valence-electron chi connectivity index (χ3n) is 3.22. The molecule has 1 unspecified atom stereocenters. The Hall–Kier alpha value is -0.740. The van der Waals surface area contributed by atoms with E-state index in [0.29, 0.717) is 24.2 Å². The summed E-state index contributed by atoms with van der Waals surface area (Å²) in [6.45, 7) is 1.49. The minimum atomic E-state index is -3.61. The molecular weight excluding hydrogens is 348 g/mol. The molecule has 0 bridgehead atoms. The SMILES string of the molecule is COCC1CCN(S(=O)(=O)c2cc(Br)cnc2NN)C1. The van der Waals surface area contributed by atoms with Gasteiger partial charge in [-0.05, 0) is 34.3 Å². The molecule has 1 aliphatic heterocycles. The van der Waals surface area contributed by atoms with E-state index in [0.717, 1.165) is 6.42 Å². The first-order valence-electron chi connectivity index (χ1n) is 6.10. The first kappa shape index (κ1) is 15.6. The van der Waals surface area contributed by atoms with Crippen molar-refractivity contribution in [3.05, 3.63) is 16.7 Å². The Morgan fingerprint density at radius 2 is 2.40 bits per heavy atom. The van der Waals surface area contributed by atoms with E-state index in [1.807, 2.05) is 0 Å². The van der Waals surface area contributed by atoms with Crippen molar-refractivity contribution < 1.29 is 13.2 Å². The van der Waals surface area contributed by atoms with Crippen molar-refractivity contribution in [3.63, 3.8) is 0 Å². The van der Waals surface area contributed by atoms with E-state index >= 15 is 0 Å². The number of nitrogen functional groups attached to an aromatic ring is 1. The predicted octanol–water partition coefficient (Wildman–Crippen LogP) is 0.787. The number of hydrogen-bond donors (Lipinski definition) is 2. The third-order valence-corrected chi connectivity index (χ3v) is 5.54. The zero-order chi connectivity index (χ0) is 14.8. The van der Waals surface area contributed by atoms with Crippen molar-refractivity contribution in [1.29, 1.82) is 0 Å². The first-order chi connectivity index (χ1) is 9.48. The summed E-state index contributed by atoms with van der Waals surface area (Å²) in [5.74, 6) is 5.71. The molecule has 1 aliphatic rings. The highest BCUT2D eigenvalue weighted by atomic mass is 79.9. The maximum absolute atomic E-state index is 12.6. The van der Waals surface area contributed by atoms with Crippen molar-refractivity contribution in [2.24, 2.45) is 11.8 Å². The summed E-state index contributed by atoms with van der Waals surface area (Å²) in [7, 11) is -2.00. The quantitative estimate of drug-likeness (QED) is 0.591. The number of ether oxygens (including phenoxy) is 1. The third kappa shape index (κ3) is 3.12. The smallest absolute Gasteiger partial charge is 0.246 e. The number of nitrogens with zero attached hydrogens (tertiary/aromatic N) is 2. The molecule has 1 fully saturated rings. The zero-order valence-electron chi connectivity index (χ0n) is 11.0. The van der Waals surface area contributed by atoms with E-state index < -0.39 is 10.0 Å². The highest BCUT2D eigenvalue weighted by Crippen LogP contribution is 2.29. The predicted molar refractivity (Wildman–Crippen MR) is 78.5 cm³/mol. The van der Waals surface area contributed by atoms with Crippen LogP contribution in [0.3, 0.4) is 0 Å². The van der Waals surface area contributed by atoms with Gasteiger partial charge in [-0.1, -0.05) is 0 Å². The normalized spacial score (nSPS) is 20.2. The molecule has 9 heteroatoms. The van der Waals surface area contributed by atoms with Gasteiger partial charge in [0.2, 0.25) is 10.0 Å². The van der Waals surface area contributed by atoms with Crippen molar-refractivity contribution in [3.8, 4) is 0 Å². The number of halogens is 1. The number of pyridine rings is 1. The average Bonchev–Trinajstić information content (AvgIpc) is 2.88. The number of aromatic nitrogens is 1. The van der Waals surface area contributed by atoms with Crippen molar-refractivity contribution in [2.75, 3.05) is 32.2 Å². The van der Waals surface area contributed by atoms with Gasteiger partial charge in [0, 0.05) is 30.9 Å². The lowest BCUT2D eigenvalue weighted by Crippen LogP contribution is -2.30. The molecule has 2 rings (SSSR count). The van der Waals surface area contributed by atoms with Gasteiger partial charge in [0.15, 0.2) is 5.82 Å². The molecule has 7 nitrogen and oxygen atoms in total. The second-order valence-electron chi connectivity index (χ2n) is 4.62. The Morgan fingerprint density at radius 3 is 3.05 bits per heavy atom. The molecule has 1 aromatic rings. The van der Waals surface area contributed by atoms with Gasteiger partial charge >= 0.3 is 0 Å². The molecule has 20 heavy (non-hydrogen) atoms. The minimum absolute atomic E-state index is 0.0763. The monoisotopic (exact) mass is 364 g/mol. The van der Waals surface area contributed by atoms with Crippen LogP contribution in [0.1, 0.15) is 6.42 Å². The van der Waals surface area contributed by atoms with Crippen LogP contribution in [0.15, 0.2) is 21.6 Å². The van der Waals surface area contributed by atoms with Gasteiger partial charge < -0.3 is 10.2 Å². The van der Waals surface area contributed by atoms with Gasteiger partial charge in [-0.25, -0.2) is 19.2 Å². The van der Waals surface area contributed by atoms with Crippen molar-refractivity contribution >= 4 is 31.8 Å². The van der Waals surface area contributed by atoms with Crippen LogP contribution < -0.4 is 11.3 Å². The molecule has 0 saturated carbocycles. The van der Waals surface area contributed by atoms with E-state index in [1.54, 1.807) is 7.11 Å². The van der Waals surface area contributed by atoms with E-state index in [1.165, 1.54) is 16.6 Å². The molecule has 1 saturated heterocycles. The summed E-state index contributed by atoms with van der Waals surface area (Å²) in [4.78, 5) is 4.05. The Bertz CT molecular complexity index is 581. The van der Waals surface area contributed by atoms with E-state index in [-0.39, 0.29) is 16.6 Å². The second kappa shape index (κ2) is 6.35. The molecular formula is C11H17BrN4O3S. The van der Waals surface area contributed by atoms with Crippen LogP contribution in [0.5, 0.6) is 0 Å². The zero-order valence-corrected chi connectivity index (χ0v) is 13.4. The fourth-order valence-corrected chi connectivity index (χ4v) is 4.40. The number of rotatable bonds is 5. The highest BCUT2D eigenvalue weighted by molar-refractivity contribution is 9.10. The first-order valence-corrected chi connectivity index (χ1v) is 8.33. The lowest BCUT2D eigenvalue weighted by molar-refractivity contribution is 0.157. The number of hydrazine groups is 1. The number of sulfonamides is 1. The number of hydrogen-bond acceptors (Lipinski definition) is 6. The van der Waals surface area contributed by atoms with Crippen molar-refractivity contribution in [1.82, 2.24) is 9.29 Å². The molecule has 0 radical (unpaired) electrons. The highest BCUT2D eigenvalue weighted by Gasteiger charge is 2.34. The van der Waals surface area contributed by atoms with Gasteiger partial charge in [-0.15, -0.1) is 0 Å². The number of anilines is 1. The fraction of sp³-hybridized carbons (Fsp3) is 0.545. The Balaban J connectivity index is 2.29. The summed E-state index contributed by atoms with van der Waals surface area (Å²) >= 11 is 3.23. The molecule has 1 atom stereocenters. The molecule has 0 aliphatic carbocycles. The Labute approximate surface area is 126 Å². The maximum atomic E-state index is 12.6. The summed E-state index contributed by atoms with van der Waals surface area (Å²) < 4.78 is 32.4. The Kier molecular flexibility index (Phi) is 4.97. The number of nitrogens with two attached hydrogens (primary N) is 1. The van der Waals surface area contributed by atoms with Crippen LogP contribution in [0.2, 0.25) is 0 Å². The molecule has 2 heterocycles. The van der Waals surface area contributed by atoms with E-state index in [9.17, 15) is 8.42 Å². The summed E-state index contributed by atoms with van der Waals surface area (Å²) in [5, 5.41) is 0. The second-order valence-corrected chi connectivity index (χ2v) is 7.44. The average molecular weight is 365 g/mol. The van der Waals surface area contributed by atoms with Gasteiger partial charge in [0.05, 0.1) is 6.61 Å². The van der Waals surface area contributed by atoms with Gasteiger partial charge in [0.25, 0.3) is 0 Å². The van der Waals surface area contributed by atoms with Crippen LogP contribution in [0, 0.1) is 5.92 Å². The van der Waals surface area contributed by atoms with E-state index in [4.69, 9.17) is 10.6 Å². The summed E-state index contributed by atoms with van der Waals surface area (Å²) in [6.07, 6.45) is 2.28. The number of nitrogens with one attached hydrogen (secondary N) is 1. The van der Waals surface area contributed by atoms with E-state index in [2.05, 4.69) is 26.3 Å².